The van der Waals surface area contributed by atoms with Crippen LogP contribution in [0.3, 0.4) is 0 Å². The van der Waals surface area contributed by atoms with Gasteiger partial charge in [-0.15, -0.1) is 10.2 Å². The van der Waals surface area contributed by atoms with Gasteiger partial charge in [0.2, 0.25) is 17.6 Å². The van der Waals surface area contributed by atoms with Crippen molar-refractivity contribution >= 4 is 29.1 Å². The van der Waals surface area contributed by atoms with E-state index >= 15 is 0 Å². The number of nitrogens with zero attached hydrogens (tertiary/aromatic N) is 5. The lowest BCUT2D eigenvalue weighted by Crippen LogP contribution is -2.33. The van der Waals surface area contributed by atoms with Gasteiger partial charge >= 0.3 is 0 Å². The van der Waals surface area contributed by atoms with Crippen LogP contribution in [0.1, 0.15) is 37.8 Å². The van der Waals surface area contributed by atoms with Crippen molar-refractivity contribution in [3.63, 3.8) is 0 Å². The monoisotopic (exact) mass is 438 g/mol. The van der Waals surface area contributed by atoms with Crippen molar-refractivity contribution in [2.45, 2.75) is 38.8 Å². The van der Waals surface area contributed by atoms with E-state index in [1.807, 2.05) is 43.3 Å². The fraction of sp³-hybridized carbons (Fsp3) is 0.318. The van der Waals surface area contributed by atoms with Crippen molar-refractivity contribution in [2.24, 2.45) is 0 Å². The molecule has 2 aromatic carbocycles. The molecule has 0 bridgehead atoms. The number of benzene rings is 2. The number of hydrogen-bond acceptors (Lipinski definition) is 5. The highest BCUT2D eigenvalue weighted by atomic mass is 35.5. The number of halogens is 1. The normalized spacial score (nSPS) is 14.6. The first-order valence-electron chi connectivity index (χ1n) is 10.3. The molecule has 1 fully saturated rings. The molecule has 1 saturated heterocycles. The lowest BCUT2D eigenvalue weighted by molar-refractivity contribution is -0.125. The zero-order valence-corrected chi connectivity index (χ0v) is 17.9. The number of carbonyl (C=O) groups is 2. The molecule has 4 rings (SSSR count). The van der Waals surface area contributed by atoms with E-state index in [-0.39, 0.29) is 11.8 Å². The molecule has 1 aliphatic rings. The minimum atomic E-state index is -0.560. The maximum atomic E-state index is 12.7. The van der Waals surface area contributed by atoms with Gasteiger partial charge in [-0.05, 0) is 60.0 Å². The summed E-state index contributed by atoms with van der Waals surface area (Å²) in [5.74, 6) is 0.418. The largest absolute Gasteiger partial charge is 0.350 e. The predicted molar refractivity (Wildman–Crippen MR) is 117 cm³/mol. The molecule has 0 saturated carbocycles. The first kappa shape index (κ1) is 21.0. The second-order valence-electron chi connectivity index (χ2n) is 7.40. The van der Waals surface area contributed by atoms with E-state index in [2.05, 4.69) is 20.7 Å². The van der Waals surface area contributed by atoms with Crippen LogP contribution in [0.2, 0.25) is 5.02 Å². The number of anilines is 1. The quantitative estimate of drug-likeness (QED) is 0.610. The van der Waals surface area contributed by atoms with Crippen LogP contribution in [0.25, 0.3) is 11.4 Å². The molecular formula is C22H23ClN6O2. The molecule has 3 aromatic rings. The van der Waals surface area contributed by atoms with Crippen LogP contribution in [-0.4, -0.2) is 38.6 Å². The van der Waals surface area contributed by atoms with Crippen LogP contribution in [0.4, 0.5) is 5.69 Å². The highest BCUT2D eigenvalue weighted by Gasteiger charge is 2.23. The molecule has 1 aromatic heterocycles. The minimum absolute atomic E-state index is 0.158. The Morgan fingerprint density at radius 3 is 2.55 bits per heavy atom. The smallest absolute Gasteiger partial charge is 0.247 e. The molecule has 1 aliphatic heterocycles. The Balaban J connectivity index is 1.38. The average molecular weight is 439 g/mol. The lowest BCUT2D eigenvalue weighted by atomic mass is 10.1. The first-order chi connectivity index (χ1) is 15.0. The van der Waals surface area contributed by atoms with Gasteiger partial charge in [-0.2, -0.15) is 4.80 Å². The van der Waals surface area contributed by atoms with Crippen LogP contribution >= 0.6 is 11.6 Å². The fourth-order valence-corrected chi connectivity index (χ4v) is 3.67. The van der Waals surface area contributed by atoms with Gasteiger partial charge in [0.1, 0.15) is 0 Å². The summed E-state index contributed by atoms with van der Waals surface area (Å²) in [6.07, 6.45) is 2.02. The van der Waals surface area contributed by atoms with Crippen molar-refractivity contribution in [1.29, 1.82) is 0 Å². The molecule has 9 heteroatoms. The van der Waals surface area contributed by atoms with E-state index in [4.69, 9.17) is 11.6 Å². The number of carbonyl (C=O) groups excluding carboxylic acids is 2. The number of tetrazole rings is 1. The molecule has 0 radical (unpaired) electrons. The molecule has 2 heterocycles. The standard InChI is InChI=1S/C22H23ClN6O2/c1-2-19(29-26-21(25-27-29)16-7-9-17(23)10-8-16)22(31)24-14-15-5-11-18(12-6-15)28-13-3-4-20(28)30/h5-12,19H,2-4,13-14H2,1H3,(H,24,31). The Bertz CT molecular complexity index is 1060. The topological polar surface area (TPSA) is 93.0 Å². The SMILES string of the molecule is CCC(C(=O)NCc1ccc(N2CCCC2=O)cc1)n1nnc(-c2ccc(Cl)cc2)n1. The van der Waals surface area contributed by atoms with Crippen LogP contribution in [-0.2, 0) is 16.1 Å². The van der Waals surface area contributed by atoms with E-state index in [0.29, 0.717) is 30.2 Å². The van der Waals surface area contributed by atoms with Gasteiger partial charge in [0.05, 0.1) is 0 Å². The van der Waals surface area contributed by atoms with Crippen LogP contribution in [0.5, 0.6) is 0 Å². The highest BCUT2D eigenvalue weighted by Crippen LogP contribution is 2.22. The van der Waals surface area contributed by atoms with Gasteiger partial charge in [-0.25, -0.2) is 0 Å². The number of nitrogens with one attached hydrogen (secondary N) is 1. The van der Waals surface area contributed by atoms with Crippen molar-refractivity contribution in [2.75, 3.05) is 11.4 Å². The summed E-state index contributed by atoms with van der Waals surface area (Å²) in [6, 6.07) is 14.3. The molecule has 1 unspecified atom stereocenters. The van der Waals surface area contributed by atoms with Crippen LogP contribution in [0, 0.1) is 0 Å². The number of hydrogen-bond donors (Lipinski definition) is 1. The van der Waals surface area contributed by atoms with Gasteiger partial charge < -0.3 is 10.2 Å². The second kappa shape index (κ2) is 9.26. The summed E-state index contributed by atoms with van der Waals surface area (Å²) in [5.41, 5.74) is 2.63. The summed E-state index contributed by atoms with van der Waals surface area (Å²) in [7, 11) is 0. The molecule has 160 valence electrons. The molecular weight excluding hydrogens is 416 g/mol. The molecule has 2 amide bonds. The third-order valence-corrected chi connectivity index (χ3v) is 5.54. The number of aromatic nitrogens is 4. The molecule has 1 atom stereocenters. The second-order valence-corrected chi connectivity index (χ2v) is 7.83. The predicted octanol–water partition coefficient (Wildman–Crippen LogP) is 3.39. The fourth-order valence-electron chi connectivity index (χ4n) is 3.55. The zero-order chi connectivity index (χ0) is 21.8. The summed E-state index contributed by atoms with van der Waals surface area (Å²) < 4.78 is 0. The molecule has 31 heavy (non-hydrogen) atoms. The maximum absolute atomic E-state index is 12.7. The van der Waals surface area contributed by atoms with Crippen molar-refractivity contribution in [1.82, 2.24) is 25.5 Å². The average Bonchev–Trinajstić information content (AvgIpc) is 3.43. The minimum Gasteiger partial charge on any atom is -0.350 e. The van der Waals surface area contributed by atoms with Gasteiger partial charge in [-0.3, -0.25) is 9.59 Å². The first-order valence-corrected chi connectivity index (χ1v) is 10.7. The van der Waals surface area contributed by atoms with Gasteiger partial charge in [0.15, 0.2) is 6.04 Å². The number of rotatable bonds is 7. The molecule has 8 nitrogen and oxygen atoms in total. The van der Waals surface area contributed by atoms with Gasteiger partial charge in [-0.1, -0.05) is 30.7 Å². The third kappa shape index (κ3) is 4.74. The van der Waals surface area contributed by atoms with Gasteiger partial charge in [0.25, 0.3) is 0 Å². The summed E-state index contributed by atoms with van der Waals surface area (Å²) >= 11 is 5.92. The Hall–Kier alpha value is -3.26. The van der Waals surface area contributed by atoms with Crippen molar-refractivity contribution < 1.29 is 9.59 Å². The Morgan fingerprint density at radius 1 is 1.16 bits per heavy atom. The van der Waals surface area contributed by atoms with E-state index < -0.39 is 6.04 Å². The summed E-state index contributed by atoms with van der Waals surface area (Å²) in [5, 5.41) is 16.1. The van der Waals surface area contributed by atoms with Gasteiger partial charge in [0, 0.05) is 35.8 Å². The summed E-state index contributed by atoms with van der Waals surface area (Å²) in [6.45, 7) is 3.04. The molecule has 0 aliphatic carbocycles. The Morgan fingerprint density at radius 2 is 1.90 bits per heavy atom. The molecule has 1 N–H and O–H groups in total. The third-order valence-electron chi connectivity index (χ3n) is 5.29. The molecule has 0 spiro atoms. The Labute approximate surface area is 185 Å². The van der Waals surface area contributed by atoms with E-state index in [1.54, 1.807) is 17.0 Å². The van der Waals surface area contributed by atoms with Crippen molar-refractivity contribution in [3.8, 4) is 11.4 Å². The maximum Gasteiger partial charge on any atom is 0.247 e. The van der Waals surface area contributed by atoms with Crippen molar-refractivity contribution in [3.05, 3.63) is 59.1 Å². The zero-order valence-electron chi connectivity index (χ0n) is 17.2. The number of amides is 2. The van der Waals surface area contributed by atoms with E-state index in [1.165, 1.54) is 4.80 Å². The van der Waals surface area contributed by atoms with E-state index in [9.17, 15) is 9.59 Å². The van der Waals surface area contributed by atoms with E-state index in [0.717, 1.165) is 29.8 Å². The highest BCUT2D eigenvalue weighted by molar-refractivity contribution is 6.30. The van der Waals surface area contributed by atoms with Crippen LogP contribution < -0.4 is 10.2 Å². The van der Waals surface area contributed by atoms with Crippen LogP contribution in [0.15, 0.2) is 48.5 Å². The lowest BCUT2D eigenvalue weighted by Gasteiger charge is -2.16. The summed E-state index contributed by atoms with van der Waals surface area (Å²) in [4.78, 5) is 27.8. The Kier molecular flexibility index (Phi) is 6.27.